The molecule has 0 aliphatic heterocycles. The van der Waals surface area contributed by atoms with Gasteiger partial charge in [0, 0.05) is 12.6 Å². The molecule has 92 valence electrons. The highest BCUT2D eigenvalue weighted by Gasteiger charge is 1.99. The van der Waals surface area contributed by atoms with Crippen molar-refractivity contribution in [3.05, 3.63) is 42.5 Å². The summed E-state index contributed by atoms with van der Waals surface area (Å²) >= 11 is 5.04. The summed E-state index contributed by atoms with van der Waals surface area (Å²) in [5.74, 6) is -0.197. The zero-order valence-corrected chi connectivity index (χ0v) is 10.7. The third kappa shape index (κ3) is 3.18. The van der Waals surface area contributed by atoms with Crippen LogP contribution >= 0.6 is 12.2 Å². The second-order valence-corrected chi connectivity index (χ2v) is 4.23. The van der Waals surface area contributed by atoms with Crippen molar-refractivity contribution in [2.75, 3.05) is 5.32 Å². The zero-order chi connectivity index (χ0) is 13.0. The van der Waals surface area contributed by atoms with Crippen LogP contribution in [0.3, 0.4) is 0 Å². The molecule has 0 heterocycles. The van der Waals surface area contributed by atoms with E-state index in [1.54, 1.807) is 0 Å². The Hall–Kier alpha value is -2.14. The number of nitrogens with one attached hydrogen (secondary N) is 3. The van der Waals surface area contributed by atoms with E-state index < -0.39 is 0 Å². The van der Waals surface area contributed by atoms with Gasteiger partial charge in [-0.15, -0.1) is 0 Å². The molecule has 0 radical (unpaired) electrons. The molecule has 2 aromatic carbocycles. The topological polar surface area (TPSA) is 53.2 Å². The summed E-state index contributed by atoms with van der Waals surface area (Å²) in [5.41, 5.74) is 5.88. The van der Waals surface area contributed by atoms with Gasteiger partial charge in [0.2, 0.25) is 5.91 Å². The van der Waals surface area contributed by atoms with Crippen molar-refractivity contribution in [2.45, 2.75) is 6.92 Å². The van der Waals surface area contributed by atoms with E-state index in [1.807, 2.05) is 42.5 Å². The van der Waals surface area contributed by atoms with Crippen molar-refractivity contribution in [3.8, 4) is 0 Å². The standard InChI is InChI=1S/C13H13N3OS/c1-9(17)15-16-13(18)14-12-7-6-10-4-2-3-5-11(10)8-12/h2-8H,1H3,(H,15,17)(H2,14,16,18). The molecule has 3 N–H and O–H groups in total. The van der Waals surface area contributed by atoms with E-state index in [0.29, 0.717) is 5.11 Å². The third-order valence-corrected chi connectivity index (χ3v) is 2.56. The Bertz CT molecular complexity index is 598. The van der Waals surface area contributed by atoms with Crippen molar-refractivity contribution < 1.29 is 4.79 Å². The van der Waals surface area contributed by atoms with Crippen LogP contribution in [0.2, 0.25) is 0 Å². The summed E-state index contributed by atoms with van der Waals surface area (Å²) in [4.78, 5) is 10.7. The Labute approximate surface area is 110 Å². The molecular formula is C13H13N3OS. The molecule has 0 saturated heterocycles. The average Bonchev–Trinajstić information content (AvgIpc) is 2.36. The number of carbonyl (C=O) groups excluding carboxylic acids is 1. The van der Waals surface area contributed by atoms with Crippen LogP contribution in [0.4, 0.5) is 5.69 Å². The fraction of sp³-hybridized carbons (Fsp3) is 0.0769. The van der Waals surface area contributed by atoms with Crippen molar-refractivity contribution in [1.82, 2.24) is 10.9 Å². The van der Waals surface area contributed by atoms with Crippen molar-refractivity contribution in [1.29, 1.82) is 0 Å². The molecule has 4 nitrogen and oxygen atoms in total. The quantitative estimate of drug-likeness (QED) is 0.543. The van der Waals surface area contributed by atoms with E-state index >= 15 is 0 Å². The van der Waals surface area contributed by atoms with Gasteiger partial charge in [-0.05, 0) is 35.1 Å². The van der Waals surface area contributed by atoms with Crippen molar-refractivity contribution in [3.63, 3.8) is 0 Å². The maximum absolute atomic E-state index is 10.7. The molecule has 0 aromatic heterocycles. The van der Waals surface area contributed by atoms with Crippen LogP contribution in [0.5, 0.6) is 0 Å². The highest BCUT2D eigenvalue weighted by molar-refractivity contribution is 7.80. The van der Waals surface area contributed by atoms with Crippen LogP contribution in [0.1, 0.15) is 6.92 Å². The van der Waals surface area contributed by atoms with Gasteiger partial charge < -0.3 is 5.32 Å². The molecule has 0 saturated carbocycles. The predicted molar refractivity (Wildman–Crippen MR) is 77.1 cm³/mol. The number of fused-ring (bicyclic) bond motifs is 1. The second-order valence-electron chi connectivity index (χ2n) is 3.82. The summed E-state index contributed by atoms with van der Waals surface area (Å²) in [6.45, 7) is 1.41. The van der Waals surface area contributed by atoms with Gasteiger partial charge in [0.1, 0.15) is 0 Å². The largest absolute Gasteiger partial charge is 0.331 e. The van der Waals surface area contributed by atoms with Gasteiger partial charge in [-0.2, -0.15) is 0 Å². The van der Waals surface area contributed by atoms with Gasteiger partial charge in [-0.25, -0.2) is 0 Å². The highest BCUT2D eigenvalue weighted by atomic mass is 32.1. The normalized spacial score (nSPS) is 9.83. The first-order valence-electron chi connectivity index (χ1n) is 5.47. The SMILES string of the molecule is CC(=O)NNC(=S)Nc1ccc2ccccc2c1. The van der Waals surface area contributed by atoms with Crippen molar-refractivity contribution in [2.24, 2.45) is 0 Å². The highest BCUT2D eigenvalue weighted by Crippen LogP contribution is 2.18. The number of anilines is 1. The van der Waals surface area contributed by atoms with Crippen LogP contribution in [0.25, 0.3) is 10.8 Å². The lowest BCUT2D eigenvalue weighted by molar-refractivity contribution is -0.119. The van der Waals surface area contributed by atoms with E-state index in [2.05, 4.69) is 16.2 Å². The van der Waals surface area contributed by atoms with E-state index in [9.17, 15) is 4.79 Å². The fourth-order valence-electron chi connectivity index (χ4n) is 1.57. The molecule has 0 aliphatic rings. The third-order valence-electron chi connectivity index (χ3n) is 2.36. The number of benzene rings is 2. The smallest absolute Gasteiger partial charge is 0.235 e. The molecule has 18 heavy (non-hydrogen) atoms. The lowest BCUT2D eigenvalue weighted by atomic mass is 10.1. The van der Waals surface area contributed by atoms with Gasteiger partial charge >= 0.3 is 0 Å². The summed E-state index contributed by atoms with van der Waals surface area (Å²) < 4.78 is 0. The monoisotopic (exact) mass is 259 g/mol. The molecule has 2 aromatic rings. The zero-order valence-electron chi connectivity index (χ0n) is 9.86. The molecule has 2 rings (SSSR count). The number of hydrogen-bond donors (Lipinski definition) is 3. The van der Waals surface area contributed by atoms with Crippen LogP contribution in [0, 0.1) is 0 Å². The number of hydrazine groups is 1. The summed E-state index contributed by atoms with van der Waals surface area (Å²) in [6, 6.07) is 14.0. The molecular weight excluding hydrogens is 246 g/mol. The minimum atomic E-state index is -0.197. The Morgan fingerprint density at radius 2 is 1.78 bits per heavy atom. The number of thiocarbonyl (C=S) groups is 1. The summed E-state index contributed by atoms with van der Waals surface area (Å²) in [5, 5.41) is 5.64. The van der Waals surface area contributed by atoms with Crippen LogP contribution in [-0.4, -0.2) is 11.0 Å². The Balaban J connectivity index is 2.07. The number of rotatable bonds is 1. The van der Waals surface area contributed by atoms with Gasteiger partial charge in [0.15, 0.2) is 5.11 Å². The minimum Gasteiger partial charge on any atom is -0.331 e. The number of amides is 1. The predicted octanol–water partition coefficient (Wildman–Crippen LogP) is 2.18. The molecule has 0 fully saturated rings. The first-order valence-corrected chi connectivity index (χ1v) is 5.88. The summed E-state index contributed by atoms with van der Waals surface area (Å²) in [7, 11) is 0. The molecule has 5 heteroatoms. The first-order chi connectivity index (χ1) is 8.65. The average molecular weight is 259 g/mol. The Morgan fingerprint density at radius 3 is 2.50 bits per heavy atom. The van der Waals surface area contributed by atoms with Crippen LogP contribution in [0.15, 0.2) is 42.5 Å². The minimum absolute atomic E-state index is 0.197. The van der Waals surface area contributed by atoms with Gasteiger partial charge in [-0.1, -0.05) is 30.3 Å². The van der Waals surface area contributed by atoms with Crippen LogP contribution < -0.4 is 16.2 Å². The Morgan fingerprint density at radius 1 is 1.06 bits per heavy atom. The van der Waals surface area contributed by atoms with Gasteiger partial charge in [0.25, 0.3) is 0 Å². The molecule has 0 aliphatic carbocycles. The summed E-state index contributed by atoms with van der Waals surface area (Å²) in [6.07, 6.45) is 0. The maximum Gasteiger partial charge on any atom is 0.235 e. The van der Waals surface area contributed by atoms with E-state index in [4.69, 9.17) is 12.2 Å². The maximum atomic E-state index is 10.7. The lowest BCUT2D eigenvalue weighted by Gasteiger charge is -2.10. The molecule has 0 atom stereocenters. The van der Waals surface area contributed by atoms with Gasteiger partial charge in [-0.3, -0.25) is 15.6 Å². The van der Waals surface area contributed by atoms with Gasteiger partial charge in [0.05, 0.1) is 0 Å². The van der Waals surface area contributed by atoms with E-state index in [0.717, 1.165) is 11.1 Å². The van der Waals surface area contributed by atoms with Crippen LogP contribution in [-0.2, 0) is 4.79 Å². The molecule has 0 unspecified atom stereocenters. The van der Waals surface area contributed by atoms with Crippen molar-refractivity contribution >= 4 is 39.7 Å². The van der Waals surface area contributed by atoms with E-state index in [-0.39, 0.29) is 5.91 Å². The second kappa shape index (κ2) is 5.46. The molecule has 0 bridgehead atoms. The fourth-order valence-corrected chi connectivity index (χ4v) is 1.74. The number of carbonyl (C=O) groups is 1. The first kappa shape index (κ1) is 12.3. The van der Waals surface area contributed by atoms with E-state index in [1.165, 1.54) is 12.3 Å². The number of hydrogen-bond acceptors (Lipinski definition) is 2. The molecule has 0 spiro atoms. The Kier molecular flexibility index (Phi) is 3.74. The molecule has 1 amide bonds. The lowest BCUT2D eigenvalue weighted by Crippen LogP contribution is -2.42.